The van der Waals surface area contributed by atoms with E-state index in [9.17, 15) is 0 Å². The summed E-state index contributed by atoms with van der Waals surface area (Å²) >= 11 is 16.2. The first-order chi connectivity index (χ1) is 16.1. The normalized spacial score (nSPS) is 11.2. The van der Waals surface area contributed by atoms with Crippen molar-refractivity contribution in [1.82, 2.24) is 10.3 Å². The predicted octanol–water partition coefficient (Wildman–Crippen LogP) is 7.55. The molecule has 4 nitrogen and oxygen atoms in total. The third kappa shape index (κ3) is 5.85. The van der Waals surface area contributed by atoms with Crippen LogP contribution in [0.25, 0.3) is 10.9 Å². The summed E-state index contributed by atoms with van der Waals surface area (Å²) in [7, 11) is 0. The van der Waals surface area contributed by atoms with Crippen molar-refractivity contribution >= 4 is 50.0 Å². The van der Waals surface area contributed by atoms with Crippen LogP contribution in [0.5, 0.6) is 11.5 Å². The molecule has 0 fully saturated rings. The molecule has 7 heteroatoms. The minimum absolute atomic E-state index is 0.249. The monoisotopic (exact) mass is 546 g/mol. The number of rotatable bonds is 10. The van der Waals surface area contributed by atoms with Gasteiger partial charge in [-0.05, 0) is 77.3 Å². The van der Waals surface area contributed by atoms with Gasteiger partial charge in [0.1, 0.15) is 6.61 Å². The molecular weight excluding hydrogens is 523 g/mol. The van der Waals surface area contributed by atoms with Gasteiger partial charge < -0.3 is 19.8 Å². The molecule has 2 N–H and O–H groups in total. The first kappa shape index (κ1) is 24.0. The Bertz CT molecular complexity index is 1220. The number of H-pyrrole nitrogens is 1. The van der Waals surface area contributed by atoms with Crippen LogP contribution in [0.2, 0.25) is 10.0 Å². The van der Waals surface area contributed by atoms with E-state index in [0.717, 1.165) is 35.1 Å². The van der Waals surface area contributed by atoms with E-state index in [2.05, 4.69) is 50.6 Å². The highest BCUT2D eigenvalue weighted by molar-refractivity contribution is 9.10. The van der Waals surface area contributed by atoms with Gasteiger partial charge in [-0.15, -0.1) is 0 Å². The zero-order valence-corrected chi connectivity index (χ0v) is 21.4. The molecule has 1 aromatic heterocycles. The second kappa shape index (κ2) is 11.3. The summed E-state index contributed by atoms with van der Waals surface area (Å²) in [4.78, 5) is 3.33. The van der Waals surface area contributed by atoms with Crippen LogP contribution in [0.1, 0.15) is 23.6 Å². The van der Waals surface area contributed by atoms with Crippen LogP contribution in [-0.2, 0) is 19.6 Å². The number of aromatic amines is 1. The number of nitrogens with one attached hydrogen (secondary N) is 2. The molecule has 0 saturated heterocycles. The van der Waals surface area contributed by atoms with Crippen molar-refractivity contribution in [3.05, 3.63) is 92.0 Å². The molecule has 0 amide bonds. The largest absolute Gasteiger partial charge is 0.490 e. The Kier molecular flexibility index (Phi) is 8.20. The van der Waals surface area contributed by atoms with Crippen LogP contribution >= 0.6 is 39.1 Å². The molecular formula is C26H25BrCl2N2O2. The minimum Gasteiger partial charge on any atom is -0.490 e. The van der Waals surface area contributed by atoms with Crippen LogP contribution in [-0.4, -0.2) is 18.1 Å². The molecule has 0 radical (unpaired) electrons. The maximum absolute atomic E-state index is 6.28. The Morgan fingerprint density at radius 2 is 1.79 bits per heavy atom. The molecule has 0 spiro atoms. The SMILES string of the molecule is CCOc1cc(CNCCc2c[nH]c3ccccc23)cc(Br)c1OCc1c(Cl)cccc1Cl. The maximum Gasteiger partial charge on any atom is 0.175 e. The van der Waals surface area contributed by atoms with E-state index in [1.807, 2.05) is 31.2 Å². The van der Waals surface area contributed by atoms with Crippen LogP contribution < -0.4 is 14.8 Å². The van der Waals surface area contributed by atoms with Gasteiger partial charge in [0.25, 0.3) is 0 Å². The number of benzene rings is 3. The van der Waals surface area contributed by atoms with Crippen LogP contribution in [0.3, 0.4) is 0 Å². The van der Waals surface area contributed by atoms with E-state index in [-0.39, 0.29) is 6.61 Å². The summed E-state index contributed by atoms with van der Waals surface area (Å²) in [6.45, 7) is 4.32. The van der Waals surface area contributed by atoms with Gasteiger partial charge in [0.05, 0.1) is 11.1 Å². The average Bonchev–Trinajstić information content (AvgIpc) is 3.21. The van der Waals surface area contributed by atoms with Gasteiger partial charge in [0, 0.05) is 39.3 Å². The third-order valence-electron chi connectivity index (χ3n) is 5.37. The second-order valence-electron chi connectivity index (χ2n) is 7.61. The lowest BCUT2D eigenvalue weighted by atomic mass is 10.1. The van der Waals surface area contributed by atoms with Crippen molar-refractivity contribution in [3.63, 3.8) is 0 Å². The summed E-state index contributed by atoms with van der Waals surface area (Å²) in [6, 6.07) is 17.8. The fourth-order valence-electron chi connectivity index (χ4n) is 3.74. The van der Waals surface area contributed by atoms with Gasteiger partial charge in [0.15, 0.2) is 11.5 Å². The smallest absolute Gasteiger partial charge is 0.175 e. The van der Waals surface area contributed by atoms with Crippen LogP contribution in [0.15, 0.2) is 65.3 Å². The molecule has 0 aliphatic rings. The van der Waals surface area contributed by atoms with Crippen LogP contribution in [0, 0.1) is 0 Å². The minimum atomic E-state index is 0.249. The van der Waals surface area contributed by atoms with Crippen molar-refractivity contribution in [3.8, 4) is 11.5 Å². The predicted molar refractivity (Wildman–Crippen MR) is 140 cm³/mol. The highest BCUT2D eigenvalue weighted by Crippen LogP contribution is 2.38. The average molecular weight is 548 g/mol. The van der Waals surface area contributed by atoms with Gasteiger partial charge >= 0.3 is 0 Å². The standard InChI is InChI=1S/C26H25BrCl2N2O2/c1-2-32-25-13-17(14-30-11-10-18-15-31-24-9-4-3-6-19(18)24)12-21(27)26(25)33-16-20-22(28)7-5-8-23(20)29/h3-9,12-13,15,30-31H,2,10-11,14,16H2,1H3. The lowest BCUT2D eigenvalue weighted by Gasteiger charge is -2.17. The summed E-state index contributed by atoms with van der Waals surface area (Å²) in [6.07, 6.45) is 3.04. The fraction of sp³-hybridized carbons (Fsp3) is 0.231. The first-order valence-electron chi connectivity index (χ1n) is 10.8. The lowest BCUT2D eigenvalue weighted by molar-refractivity contribution is 0.267. The number of ether oxygens (including phenoxy) is 2. The molecule has 0 atom stereocenters. The van der Waals surface area contributed by atoms with E-state index in [4.69, 9.17) is 32.7 Å². The summed E-state index contributed by atoms with van der Waals surface area (Å²) in [5, 5.41) is 5.96. The second-order valence-corrected chi connectivity index (χ2v) is 9.28. The Morgan fingerprint density at radius 3 is 2.58 bits per heavy atom. The summed E-state index contributed by atoms with van der Waals surface area (Å²) in [5.74, 6) is 1.32. The van der Waals surface area contributed by atoms with Crippen molar-refractivity contribution in [2.24, 2.45) is 0 Å². The number of aromatic nitrogens is 1. The molecule has 0 bridgehead atoms. The molecule has 3 aromatic carbocycles. The zero-order valence-electron chi connectivity index (χ0n) is 18.3. The van der Waals surface area contributed by atoms with Gasteiger partial charge in [-0.3, -0.25) is 0 Å². The van der Waals surface area contributed by atoms with E-state index >= 15 is 0 Å². The Balaban J connectivity index is 1.40. The highest BCUT2D eigenvalue weighted by atomic mass is 79.9. The lowest BCUT2D eigenvalue weighted by Crippen LogP contribution is -2.16. The van der Waals surface area contributed by atoms with Crippen molar-refractivity contribution < 1.29 is 9.47 Å². The van der Waals surface area contributed by atoms with E-state index in [1.54, 1.807) is 12.1 Å². The van der Waals surface area contributed by atoms with Gasteiger partial charge in [-0.25, -0.2) is 0 Å². The van der Waals surface area contributed by atoms with E-state index < -0.39 is 0 Å². The quantitative estimate of drug-likeness (QED) is 0.201. The number of fused-ring (bicyclic) bond motifs is 1. The topological polar surface area (TPSA) is 46.3 Å². The molecule has 33 heavy (non-hydrogen) atoms. The molecule has 0 unspecified atom stereocenters. The number of hydrogen-bond donors (Lipinski definition) is 2. The number of hydrogen-bond acceptors (Lipinski definition) is 3. The molecule has 1 heterocycles. The summed E-state index contributed by atoms with van der Waals surface area (Å²) < 4.78 is 12.8. The number of para-hydroxylation sites is 1. The fourth-order valence-corrected chi connectivity index (χ4v) is 4.85. The van der Waals surface area contributed by atoms with Crippen molar-refractivity contribution in [1.29, 1.82) is 0 Å². The van der Waals surface area contributed by atoms with E-state index in [1.165, 1.54) is 16.5 Å². The molecule has 4 aromatic rings. The Morgan fingerprint density at radius 1 is 1.00 bits per heavy atom. The molecule has 172 valence electrons. The van der Waals surface area contributed by atoms with Gasteiger partial charge in [-0.2, -0.15) is 0 Å². The zero-order chi connectivity index (χ0) is 23.2. The van der Waals surface area contributed by atoms with Gasteiger partial charge in [-0.1, -0.05) is 47.5 Å². The Labute approximate surface area is 212 Å². The molecule has 0 aliphatic heterocycles. The summed E-state index contributed by atoms with van der Waals surface area (Å²) in [5.41, 5.74) is 4.34. The van der Waals surface area contributed by atoms with Gasteiger partial charge in [0.2, 0.25) is 0 Å². The van der Waals surface area contributed by atoms with Crippen LogP contribution in [0.4, 0.5) is 0 Å². The molecule has 0 aliphatic carbocycles. The third-order valence-corrected chi connectivity index (χ3v) is 6.66. The highest BCUT2D eigenvalue weighted by Gasteiger charge is 2.15. The Hall–Kier alpha value is -2.18. The van der Waals surface area contributed by atoms with E-state index in [0.29, 0.717) is 28.2 Å². The maximum atomic E-state index is 6.28. The van der Waals surface area contributed by atoms with Crippen molar-refractivity contribution in [2.75, 3.05) is 13.2 Å². The molecule has 4 rings (SSSR count). The number of halogens is 3. The van der Waals surface area contributed by atoms with Crippen molar-refractivity contribution in [2.45, 2.75) is 26.5 Å². The molecule has 0 saturated carbocycles. The first-order valence-corrected chi connectivity index (χ1v) is 12.4.